The van der Waals surface area contributed by atoms with Gasteiger partial charge >= 0.3 is 0 Å². The molecule has 0 spiro atoms. The van der Waals surface area contributed by atoms with Gasteiger partial charge in [-0.15, -0.1) is 0 Å². The topological polar surface area (TPSA) is 35.5 Å². The average Bonchev–Trinajstić information content (AvgIpc) is 1.88. The molecule has 0 fully saturated rings. The number of hydrogen-bond acceptors (Lipinski definition) is 3. The van der Waals surface area contributed by atoms with Crippen LogP contribution in [0.3, 0.4) is 0 Å². The minimum Gasteiger partial charge on any atom is -0.363 e. The first kappa shape index (κ1) is 14.1. The Morgan fingerprint density at radius 1 is 1.18 bits per heavy atom. The molecule has 0 saturated carbocycles. The third-order valence-corrected chi connectivity index (χ3v) is 2.41. The highest BCUT2D eigenvalue weighted by molar-refractivity contribution is 7.57. The molecule has 0 heterocycles. The first-order chi connectivity index (χ1) is 4.83. The van der Waals surface area contributed by atoms with Crippen LogP contribution in [-0.4, -0.2) is 40.9 Å². The Morgan fingerprint density at radius 3 is 1.36 bits per heavy atom. The molecule has 0 N–H and O–H groups in total. The molecule has 0 bridgehead atoms. The van der Waals surface area contributed by atoms with E-state index in [1.165, 1.54) is 7.11 Å². The van der Waals surface area contributed by atoms with Gasteiger partial charge in [-0.25, -0.2) is 0 Å². The van der Waals surface area contributed by atoms with Crippen molar-refractivity contribution in [1.29, 1.82) is 0 Å². The fraction of sp³-hybridized carbons (Fsp3) is 1.00. The fourth-order valence-electron chi connectivity index (χ4n) is 0. The van der Waals surface area contributed by atoms with E-state index in [-0.39, 0.29) is 8.15 Å². The average molecular weight is 200 g/mol. The summed E-state index contributed by atoms with van der Waals surface area (Å²) < 4.78 is 19.7. The lowest BCUT2D eigenvalue weighted by Crippen LogP contribution is -1.74. The van der Waals surface area contributed by atoms with E-state index in [4.69, 9.17) is 4.52 Å². The van der Waals surface area contributed by atoms with E-state index in [0.29, 0.717) is 0 Å². The van der Waals surface area contributed by atoms with Gasteiger partial charge in [0.25, 0.3) is 0 Å². The first-order valence-electron chi connectivity index (χ1n) is 3.15. The summed E-state index contributed by atoms with van der Waals surface area (Å²) in [5.74, 6) is 0. The summed E-state index contributed by atoms with van der Waals surface area (Å²) in [4.78, 5) is 0. The van der Waals surface area contributed by atoms with Gasteiger partial charge in [0, 0.05) is 35.7 Å². The summed E-state index contributed by atoms with van der Waals surface area (Å²) >= 11 is 0. The van der Waals surface area contributed by atoms with E-state index in [9.17, 15) is 4.57 Å². The summed E-state index contributed by atoms with van der Waals surface area (Å²) in [6.45, 7) is 7.28. The van der Waals surface area contributed by atoms with Crippen LogP contribution in [0.4, 0.5) is 0 Å². The zero-order chi connectivity index (χ0) is 9.49. The molecule has 0 unspecified atom stereocenters. The quantitative estimate of drug-likeness (QED) is 0.642. The van der Waals surface area contributed by atoms with Crippen molar-refractivity contribution < 1.29 is 13.6 Å². The molecule has 0 atom stereocenters. The second-order valence-corrected chi connectivity index (χ2v) is 7.29. The van der Waals surface area contributed by atoms with Crippen LogP contribution < -0.4 is 0 Å². The van der Waals surface area contributed by atoms with Gasteiger partial charge < -0.3 is 9.05 Å². The van der Waals surface area contributed by atoms with Crippen molar-refractivity contribution in [1.82, 2.24) is 0 Å². The van der Waals surface area contributed by atoms with Crippen molar-refractivity contribution in [2.45, 2.75) is 0 Å². The minimum atomic E-state index is -2.15. The van der Waals surface area contributed by atoms with E-state index in [1.807, 2.05) is 0 Å². The first-order valence-corrected chi connectivity index (χ1v) is 7.83. The molecule has 0 aromatic heterocycles. The Kier molecular flexibility index (Phi) is 9.30. The van der Waals surface area contributed by atoms with E-state index in [1.54, 1.807) is 20.4 Å². The van der Waals surface area contributed by atoms with Gasteiger partial charge in [-0.3, -0.25) is 4.57 Å². The maximum atomic E-state index is 10.4. The molecule has 0 rings (SSSR count). The smallest absolute Gasteiger partial charge is 0.196 e. The molecule has 0 aromatic carbocycles. The maximum absolute atomic E-state index is 10.4. The monoisotopic (exact) mass is 200 g/mol. The predicted molar refractivity (Wildman–Crippen MR) is 52.2 cm³/mol. The number of rotatable bonds is 2. The molecule has 3 nitrogen and oxygen atoms in total. The summed E-state index contributed by atoms with van der Waals surface area (Å²) in [7, 11) is 0.928. The van der Waals surface area contributed by atoms with Gasteiger partial charge in [-0.2, -0.15) is 0 Å². The Hall–Kier alpha value is 0.580. The SMILES string of the molecule is COP(C)(C)=O.COP(C)C. The molecule has 11 heavy (non-hydrogen) atoms. The van der Waals surface area contributed by atoms with Crippen molar-refractivity contribution in [3.8, 4) is 0 Å². The highest BCUT2D eigenvalue weighted by atomic mass is 31.2. The molecule has 70 valence electrons. The summed E-state index contributed by atoms with van der Waals surface area (Å²) in [6, 6.07) is 0. The van der Waals surface area contributed by atoms with Crippen molar-refractivity contribution in [2.24, 2.45) is 0 Å². The lowest BCUT2D eigenvalue weighted by molar-refractivity contribution is 0.404. The molecule has 0 amide bonds. The summed E-state index contributed by atoms with van der Waals surface area (Å²) in [5.41, 5.74) is 0. The zero-order valence-electron chi connectivity index (χ0n) is 8.12. The van der Waals surface area contributed by atoms with Crippen LogP contribution in [0.2, 0.25) is 0 Å². The van der Waals surface area contributed by atoms with Crippen molar-refractivity contribution >= 4 is 15.5 Å². The third-order valence-electron chi connectivity index (χ3n) is 0.805. The lowest BCUT2D eigenvalue weighted by Gasteiger charge is -1.98. The van der Waals surface area contributed by atoms with Gasteiger partial charge in [0.15, 0.2) is 7.37 Å². The molecule has 0 aliphatic rings. The lowest BCUT2D eigenvalue weighted by atomic mass is 11.8. The Labute approximate surface area is 70.8 Å². The molecule has 0 saturated heterocycles. The third kappa shape index (κ3) is 25.0. The van der Waals surface area contributed by atoms with E-state index < -0.39 is 7.37 Å². The molecular weight excluding hydrogens is 182 g/mol. The highest BCUT2D eigenvalue weighted by Gasteiger charge is 1.99. The van der Waals surface area contributed by atoms with Crippen molar-refractivity contribution in [2.75, 3.05) is 40.9 Å². The highest BCUT2D eigenvalue weighted by Crippen LogP contribution is 2.35. The second-order valence-electron chi connectivity index (χ2n) is 2.43. The molecule has 5 heteroatoms. The fourth-order valence-corrected chi connectivity index (χ4v) is 0. The standard InChI is InChI=1S/C3H9O2P.C3H9OP/c1-5-6(2,3)4;1-4-5(2)3/h1-3H3;1-3H3. The normalized spacial score (nSPS) is 10.8. The minimum absolute atomic E-state index is 0.0983. The van der Waals surface area contributed by atoms with Crippen LogP contribution in [0.15, 0.2) is 0 Å². The van der Waals surface area contributed by atoms with Gasteiger partial charge in [0.05, 0.1) is 0 Å². The van der Waals surface area contributed by atoms with Crippen LogP contribution in [0.1, 0.15) is 0 Å². The van der Waals surface area contributed by atoms with E-state index >= 15 is 0 Å². The van der Waals surface area contributed by atoms with E-state index in [2.05, 4.69) is 17.9 Å². The van der Waals surface area contributed by atoms with Crippen LogP contribution in [-0.2, 0) is 13.6 Å². The molecule has 0 radical (unpaired) electrons. The Morgan fingerprint density at radius 2 is 1.36 bits per heavy atom. The van der Waals surface area contributed by atoms with Gasteiger partial charge in [0.2, 0.25) is 0 Å². The predicted octanol–water partition coefficient (Wildman–Crippen LogP) is 2.46. The Balaban J connectivity index is 0. The maximum Gasteiger partial charge on any atom is 0.196 e. The second kappa shape index (κ2) is 7.24. The zero-order valence-corrected chi connectivity index (χ0v) is 9.91. The van der Waals surface area contributed by atoms with Gasteiger partial charge in [-0.05, 0) is 13.3 Å². The van der Waals surface area contributed by atoms with Crippen LogP contribution in [0, 0.1) is 0 Å². The summed E-state index contributed by atoms with van der Waals surface area (Å²) in [5, 5.41) is 0. The Bertz CT molecular complexity index is 119. The molecule has 0 aliphatic heterocycles. The van der Waals surface area contributed by atoms with Crippen LogP contribution >= 0.6 is 15.5 Å². The number of hydrogen-bond donors (Lipinski definition) is 0. The summed E-state index contributed by atoms with van der Waals surface area (Å²) in [6.07, 6.45) is 0. The van der Waals surface area contributed by atoms with Crippen molar-refractivity contribution in [3.63, 3.8) is 0 Å². The van der Waals surface area contributed by atoms with Gasteiger partial charge in [-0.1, -0.05) is 0 Å². The largest absolute Gasteiger partial charge is 0.363 e. The molecular formula is C6H18O3P2. The van der Waals surface area contributed by atoms with Crippen LogP contribution in [0.5, 0.6) is 0 Å². The van der Waals surface area contributed by atoms with E-state index in [0.717, 1.165) is 0 Å². The van der Waals surface area contributed by atoms with Crippen molar-refractivity contribution in [3.05, 3.63) is 0 Å². The van der Waals surface area contributed by atoms with Crippen LogP contribution in [0.25, 0.3) is 0 Å². The van der Waals surface area contributed by atoms with Gasteiger partial charge in [0.1, 0.15) is 0 Å². The molecule has 0 aromatic rings. The molecule has 0 aliphatic carbocycles.